The van der Waals surface area contributed by atoms with E-state index < -0.39 is 6.10 Å². The first-order valence-corrected chi connectivity index (χ1v) is 8.28. The number of thiophene rings is 1. The van der Waals surface area contributed by atoms with Crippen molar-refractivity contribution in [3.05, 3.63) is 22.4 Å². The topological polar surface area (TPSA) is 41.9 Å². The molecule has 2 heterocycles. The van der Waals surface area contributed by atoms with E-state index in [0.717, 1.165) is 32.5 Å². The molecule has 1 saturated heterocycles. The molecule has 1 aromatic rings. The lowest BCUT2D eigenvalue weighted by atomic mass is 10.1. The largest absolute Gasteiger partial charge is 0.389 e. The summed E-state index contributed by atoms with van der Waals surface area (Å²) in [6.45, 7) is 6.44. The standard InChI is InChI=1S/C15H25NO3S/c1-2-4-14-10-16(6-7-19-14)9-13(17)11-18-12-15-5-3-8-20-15/h3,5,8,13-14,17H,2,4,6-7,9-12H2,1H3. The summed E-state index contributed by atoms with van der Waals surface area (Å²) >= 11 is 1.68. The molecule has 0 amide bonds. The van der Waals surface area contributed by atoms with Gasteiger partial charge in [-0.2, -0.15) is 0 Å². The van der Waals surface area contributed by atoms with Crippen molar-refractivity contribution in [2.75, 3.05) is 32.8 Å². The van der Waals surface area contributed by atoms with Crippen LogP contribution in [-0.2, 0) is 16.1 Å². The summed E-state index contributed by atoms with van der Waals surface area (Å²) in [7, 11) is 0. The summed E-state index contributed by atoms with van der Waals surface area (Å²) in [6.07, 6.45) is 2.15. The second kappa shape index (κ2) is 8.74. The Balaban J connectivity index is 1.62. The first kappa shape index (κ1) is 15.9. The quantitative estimate of drug-likeness (QED) is 0.798. The van der Waals surface area contributed by atoms with E-state index in [2.05, 4.69) is 11.8 Å². The van der Waals surface area contributed by atoms with Gasteiger partial charge in [0.2, 0.25) is 0 Å². The van der Waals surface area contributed by atoms with Gasteiger partial charge in [0.05, 0.1) is 32.0 Å². The van der Waals surface area contributed by atoms with E-state index in [9.17, 15) is 5.11 Å². The Kier molecular flexibility index (Phi) is 6.96. The molecule has 2 unspecified atom stereocenters. The van der Waals surface area contributed by atoms with Crippen LogP contribution < -0.4 is 0 Å². The summed E-state index contributed by atoms with van der Waals surface area (Å²) in [5.41, 5.74) is 0. The molecule has 0 radical (unpaired) electrons. The van der Waals surface area contributed by atoms with Crippen LogP contribution in [0.25, 0.3) is 0 Å². The molecule has 0 bridgehead atoms. The fourth-order valence-corrected chi connectivity index (χ4v) is 3.12. The number of β-amino-alcohol motifs (C(OH)–C–C–N with tert-alkyl or cyclic N) is 1. The van der Waals surface area contributed by atoms with Crippen LogP contribution in [-0.4, -0.2) is 55.1 Å². The number of rotatable bonds is 8. The second-order valence-electron chi connectivity index (χ2n) is 5.29. The lowest BCUT2D eigenvalue weighted by Gasteiger charge is -2.33. The average molecular weight is 299 g/mol. The van der Waals surface area contributed by atoms with Gasteiger partial charge in [-0.05, 0) is 17.9 Å². The van der Waals surface area contributed by atoms with Crippen LogP contribution in [0, 0.1) is 0 Å². The fraction of sp³-hybridized carbons (Fsp3) is 0.733. The van der Waals surface area contributed by atoms with Crippen molar-refractivity contribution in [1.82, 2.24) is 4.90 Å². The summed E-state index contributed by atoms with van der Waals surface area (Å²) in [4.78, 5) is 3.48. The number of morpholine rings is 1. The Hall–Kier alpha value is -0.460. The predicted molar refractivity (Wildman–Crippen MR) is 81.1 cm³/mol. The summed E-state index contributed by atoms with van der Waals surface area (Å²) < 4.78 is 11.3. The van der Waals surface area contributed by atoms with Gasteiger partial charge in [0.25, 0.3) is 0 Å². The molecular weight excluding hydrogens is 274 g/mol. The van der Waals surface area contributed by atoms with Crippen molar-refractivity contribution < 1.29 is 14.6 Å². The zero-order valence-corrected chi connectivity index (χ0v) is 13.0. The smallest absolute Gasteiger partial charge is 0.0900 e. The SMILES string of the molecule is CCCC1CN(CC(O)COCc2cccs2)CCO1. The molecule has 1 aliphatic heterocycles. The molecular formula is C15H25NO3S. The van der Waals surface area contributed by atoms with Crippen LogP contribution in [0.1, 0.15) is 24.6 Å². The van der Waals surface area contributed by atoms with Crippen molar-refractivity contribution in [2.24, 2.45) is 0 Å². The van der Waals surface area contributed by atoms with Crippen molar-refractivity contribution >= 4 is 11.3 Å². The molecule has 1 aliphatic rings. The van der Waals surface area contributed by atoms with Gasteiger partial charge < -0.3 is 14.6 Å². The highest BCUT2D eigenvalue weighted by Gasteiger charge is 2.21. The van der Waals surface area contributed by atoms with E-state index in [1.165, 1.54) is 4.88 Å². The highest BCUT2D eigenvalue weighted by molar-refractivity contribution is 7.09. The van der Waals surface area contributed by atoms with Crippen molar-refractivity contribution in [1.29, 1.82) is 0 Å². The zero-order chi connectivity index (χ0) is 14.2. The number of nitrogens with zero attached hydrogens (tertiary/aromatic N) is 1. The maximum absolute atomic E-state index is 10.0. The third-order valence-corrected chi connectivity index (χ3v) is 4.29. The molecule has 0 saturated carbocycles. The van der Waals surface area contributed by atoms with Crippen molar-refractivity contribution in [3.8, 4) is 0 Å². The first-order chi connectivity index (χ1) is 9.78. The van der Waals surface area contributed by atoms with Gasteiger partial charge >= 0.3 is 0 Å². The molecule has 0 aromatic carbocycles. The van der Waals surface area contributed by atoms with E-state index in [0.29, 0.717) is 25.9 Å². The molecule has 1 aromatic heterocycles. The van der Waals surface area contributed by atoms with Crippen LogP contribution in [0.4, 0.5) is 0 Å². The number of hydrogen-bond donors (Lipinski definition) is 1. The van der Waals surface area contributed by atoms with E-state index in [-0.39, 0.29) is 0 Å². The monoisotopic (exact) mass is 299 g/mol. The second-order valence-corrected chi connectivity index (χ2v) is 6.32. The number of aliphatic hydroxyl groups excluding tert-OH is 1. The van der Waals surface area contributed by atoms with Crippen LogP contribution in [0.5, 0.6) is 0 Å². The lowest BCUT2D eigenvalue weighted by Crippen LogP contribution is -2.46. The van der Waals surface area contributed by atoms with Gasteiger partial charge in [-0.3, -0.25) is 4.90 Å². The molecule has 5 heteroatoms. The summed E-state index contributed by atoms with van der Waals surface area (Å²) in [5.74, 6) is 0. The first-order valence-electron chi connectivity index (χ1n) is 7.40. The minimum Gasteiger partial charge on any atom is -0.389 e. The van der Waals surface area contributed by atoms with Gasteiger partial charge in [-0.1, -0.05) is 19.4 Å². The maximum atomic E-state index is 10.0. The minimum absolute atomic E-state index is 0.327. The van der Waals surface area contributed by atoms with Crippen LogP contribution in [0.15, 0.2) is 17.5 Å². The normalized spacial score (nSPS) is 22.0. The fourth-order valence-electron chi connectivity index (χ4n) is 2.48. The van der Waals surface area contributed by atoms with E-state index in [4.69, 9.17) is 9.47 Å². The van der Waals surface area contributed by atoms with Crippen molar-refractivity contribution in [3.63, 3.8) is 0 Å². The number of hydrogen-bond acceptors (Lipinski definition) is 5. The highest BCUT2D eigenvalue weighted by Crippen LogP contribution is 2.12. The van der Waals surface area contributed by atoms with Gasteiger partial charge in [-0.15, -0.1) is 11.3 Å². The summed E-state index contributed by atoms with van der Waals surface area (Å²) in [5, 5.41) is 12.1. The van der Waals surface area contributed by atoms with E-state index in [1.54, 1.807) is 11.3 Å². The molecule has 1 fully saturated rings. The van der Waals surface area contributed by atoms with E-state index >= 15 is 0 Å². The van der Waals surface area contributed by atoms with Gasteiger partial charge in [-0.25, -0.2) is 0 Å². The molecule has 2 rings (SSSR count). The summed E-state index contributed by atoms with van der Waals surface area (Å²) in [6, 6.07) is 4.07. The average Bonchev–Trinajstić information content (AvgIpc) is 2.93. The minimum atomic E-state index is -0.421. The Morgan fingerprint density at radius 3 is 3.25 bits per heavy atom. The molecule has 20 heavy (non-hydrogen) atoms. The van der Waals surface area contributed by atoms with Gasteiger partial charge in [0.15, 0.2) is 0 Å². The van der Waals surface area contributed by atoms with E-state index in [1.807, 2.05) is 17.5 Å². The Morgan fingerprint density at radius 1 is 1.60 bits per heavy atom. The maximum Gasteiger partial charge on any atom is 0.0900 e. The third kappa shape index (κ3) is 5.50. The number of aliphatic hydroxyl groups is 1. The molecule has 4 nitrogen and oxygen atoms in total. The van der Waals surface area contributed by atoms with Crippen LogP contribution >= 0.6 is 11.3 Å². The van der Waals surface area contributed by atoms with Crippen LogP contribution in [0.3, 0.4) is 0 Å². The third-order valence-electron chi connectivity index (χ3n) is 3.44. The number of ether oxygens (including phenoxy) is 2. The Labute approximate surface area is 125 Å². The van der Waals surface area contributed by atoms with Gasteiger partial charge in [0.1, 0.15) is 0 Å². The molecule has 0 aliphatic carbocycles. The molecule has 2 atom stereocenters. The van der Waals surface area contributed by atoms with Gasteiger partial charge in [0, 0.05) is 24.5 Å². The van der Waals surface area contributed by atoms with Crippen molar-refractivity contribution in [2.45, 2.75) is 38.6 Å². The zero-order valence-electron chi connectivity index (χ0n) is 12.2. The molecule has 0 spiro atoms. The Morgan fingerprint density at radius 2 is 2.50 bits per heavy atom. The molecule has 1 N–H and O–H groups in total. The van der Waals surface area contributed by atoms with Crippen LogP contribution in [0.2, 0.25) is 0 Å². The molecule has 114 valence electrons. The highest BCUT2D eigenvalue weighted by atomic mass is 32.1. The predicted octanol–water partition coefficient (Wildman–Crippen LogP) is 2.13. The lowest BCUT2D eigenvalue weighted by molar-refractivity contribution is -0.0546. The Bertz CT molecular complexity index is 356.